The number of rotatable bonds is 9. The van der Waals surface area contributed by atoms with Crippen molar-refractivity contribution in [2.75, 3.05) is 19.8 Å². The summed E-state index contributed by atoms with van der Waals surface area (Å²) in [6.45, 7) is 4.79. The predicted octanol–water partition coefficient (Wildman–Crippen LogP) is 3.41. The standard InChI is InChI=1S/C15H21Cl2NO4S/c1-3-9-18(15(16,17)4-2)23(19,20)14-8-6-5-7-13(14)22-11-12-10-21-12/h5-8,12H,3-4,9-11H2,1-2H3. The lowest BCUT2D eigenvalue weighted by molar-refractivity contribution is 0.256. The molecule has 2 rings (SSSR count). The second-order valence-electron chi connectivity index (χ2n) is 5.31. The molecule has 1 fully saturated rings. The Labute approximate surface area is 147 Å². The SMILES string of the molecule is CCCN(C(Cl)(Cl)CC)S(=O)(=O)c1ccccc1OCC1CO1. The third-order valence-electron chi connectivity index (χ3n) is 3.46. The average Bonchev–Trinajstić information content (AvgIpc) is 3.34. The van der Waals surface area contributed by atoms with Gasteiger partial charge in [-0.1, -0.05) is 49.2 Å². The summed E-state index contributed by atoms with van der Waals surface area (Å²) >= 11 is 12.5. The van der Waals surface area contributed by atoms with Crippen LogP contribution in [0.25, 0.3) is 0 Å². The number of epoxide rings is 1. The van der Waals surface area contributed by atoms with Gasteiger partial charge >= 0.3 is 0 Å². The predicted molar refractivity (Wildman–Crippen MR) is 90.6 cm³/mol. The molecule has 1 aromatic rings. The molecule has 130 valence electrons. The number of nitrogens with zero attached hydrogens (tertiary/aromatic N) is 1. The second-order valence-corrected chi connectivity index (χ2v) is 8.58. The molecule has 1 unspecified atom stereocenters. The number of benzene rings is 1. The minimum Gasteiger partial charge on any atom is -0.489 e. The molecule has 0 N–H and O–H groups in total. The topological polar surface area (TPSA) is 59.1 Å². The van der Waals surface area contributed by atoms with E-state index < -0.39 is 14.5 Å². The number of sulfonamides is 1. The van der Waals surface area contributed by atoms with Crippen molar-refractivity contribution in [3.05, 3.63) is 24.3 Å². The molecule has 0 aromatic heterocycles. The molecule has 1 aliphatic heterocycles. The first-order chi connectivity index (χ1) is 10.8. The summed E-state index contributed by atoms with van der Waals surface area (Å²) in [5, 5.41) is 0. The van der Waals surface area contributed by atoms with Gasteiger partial charge in [-0.25, -0.2) is 8.42 Å². The molecular formula is C15H21Cl2NO4S. The zero-order valence-corrected chi connectivity index (χ0v) is 15.5. The van der Waals surface area contributed by atoms with Crippen molar-refractivity contribution in [1.29, 1.82) is 0 Å². The van der Waals surface area contributed by atoms with Crippen LogP contribution in [-0.4, -0.2) is 43.0 Å². The lowest BCUT2D eigenvalue weighted by atomic mass is 10.3. The van der Waals surface area contributed by atoms with Crippen molar-refractivity contribution < 1.29 is 17.9 Å². The van der Waals surface area contributed by atoms with Gasteiger partial charge in [0, 0.05) is 6.54 Å². The molecule has 1 atom stereocenters. The first-order valence-electron chi connectivity index (χ1n) is 7.57. The fourth-order valence-corrected chi connectivity index (χ4v) is 4.57. The summed E-state index contributed by atoms with van der Waals surface area (Å²) in [6.07, 6.45) is 0.904. The van der Waals surface area contributed by atoms with Gasteiger partial charge < -0.3 is 9.47 Å². The molecule has 1 aliphatic rings. The van der Waals surface area contributed by atoms with Crippen LogP contribution in [0.3, 0.4) is 0 Å². The van der Waals surface area contributed by atoms with Crippen LogP contribution in [0.4, 0.5) is 0 Å². The maximum Gasteiger partial charge on any atom is 0.249 e. The van der Waals surface area contributed by atoms with Crippen molar-refractivity contribution in [2.24, 2.45) is 0 Å². The zero-order chi connectivity index (χ0) is 17.1. The molecule has 0 amide bonds. The number of hydrogen-bond donors (Lipinski definition) is 0. The highest BCUT2D eigenvalue weighted by Gasteiger charge is 2.41. The largest absolute Gasteiger partial charge is 0.489 e. The van der Waals surface area contributed by atoms with Crippen molar-refractivity contribution in [3.8, 4) is 5.75 Å². The number of halogens is 2. The highest BCUT2D eigenvalue weighted by Crippen LogP contribution is 2.37. The lowest BCUT2D eigenvalue weighted by Gasteiger charge is -2.32. The summed E-state index contributed by atoms with van der Waals surface area (Å²) in [6, 6.07) is 6.49. The third kappa shape index (κ3) is 4.51. The second kappa shape index (κ2) is 7.57. The maximum absolute atomic E-state index is 13.1. The molecule has 0 bridgehead atoms. The van der Waals surface area contributed by atoms with Gasteiger partial charge in [0.25, 0.3) is 0 Å². The van der Waals surface area contributed by atoms with E-state index in [0.29, 0.717) is 19.6 Å². The van der Waals surface area contributed by atoms with Crippen LogP contribution >= 0.6 is 23.2 Å². The molecule has 0 saturated carbocycles. The van der Waals surface area contributed by atoms with Gasteiger partial charge in [-0.3, -0.25) is 0 Å². The van der Waals surface area contributed by atoms with Crippen LogP contribution in [0.15, 0.2) is 29.2 Å². The molecular weight excluding hydrogens is 361 g/mol. The van der Waals surface area contributed by atoms with Gasteiger partial charge in [0.15, 0.2) is 4.46 Å². The van der Waals surface area contributed by atoms with Gasteiger partial charge in [0.2, 0.25) is 10.0 Å². The van der Waals surface area contributed by atoms with Crippen LogP contribution in [0.5, 0.6) is 5.75 Å². The van der Waals surface area contributed by atoms with E-state index in [2.05, 4.69) is 0 Å². The smallest absolute Gasteiger partial charge is 0.249 e. The van der Waals surface area contributed by atoms with Gasteiger partial charge in [-0.2, -0.15) is 4.31 Å². The molecule has 0 spiro atoms. The fraction of sp³-hybridized carbons (Fsp3) is 0.600. The van der Waals surface area contributed by atoms with E-state index in [1.165, 1.54) is 6.07 Å². The Morgan fingerprint density at radius 2 is 2.00 bits per heavy atom. The van der Waals surface area contributed by atoms with Crippen LogP contribution in [0.1, 0.15) is 26.7 Å². The Hall–Kier alpha value is -0.530. The molecule has 1 aromatic carbocycles. The Balaban J connectivity index is 2.36. The Morgan fingerprint density at radius 1 is 1.35 bits per heavy atom. The van der Waals surface area contributed by atoms with Gasteiger partial charge in [0.1, 0.15) is 23.4 Å². The van der Waals surface area contributed by atoms with Crippen molar-refractivity contribution >= 4 is 33.2 Å². The third-order valence-corrected chi connectivity index (χ3v) is 6.57. The molecule has 8 heteroatoms. The van der Waals surface area contributed by atoms with Gasteiger partial charge in [0.05, 0.1) is 6.61 Å². The quantitative estimate of drug-likeness (QED) is 0.373. The van der Waals surface area contributed by atoms with E-state index in [0.717, 1.165) is 4.31 Å². The van der Waals surface area contributed by atoms with Crippen LogP contribution in [0.2, 0.25) is 0 Å². The number of alkyl halides is 2. The Bertz CT molecular complexity index is 632. The van der Waals surface area contributed by atoms with Crippen LogP contribution in [0, 0.1) is 0 Å². The number of ether oxygens (including phenoxy) is 2. The molecule has 0 aliphatic carbocycles. The highest BCUT2D eigenvalue weighted by molar-refractivity contribution is 7.89. The Kier molecular flexibility index (Phi) is 6.19. The Morgan fingerprint density at radius 3 is 2.57 bits per heavy atom. The summed E-state index contributed by atoms with van der Waals surface area (Å²) in [5.41, 5.74) is 0. The van der Waals surface area contributed by atoms with Crippen LogP contribution < -0.4 is 4.74 Å². The van der Waals surface area contributed by atoms with E-state index >= 15 is 0 Å². The van der Waals surface area contributed by atoms with Gasteiger partial charge in [-0.05, 0) is 25.0 Å². The number of hydrogen-bond acceptors (Lipinski definition) is 4. The van der Waals surface area contributed by atoms with Crippen molar-refractivity contribution in [1.82, 2.24) is 4.31 Å². The summed E-state index contributed by atoms with van der Waals surface area (Å²) < 4.78 is 36.4. The molecule has 1 saturated heterocycles. The summed E-state index contributed by atoms with van der Waals surface area (Å²) in [7, 11) is -3.89. The zero-order valence-electron chi connectivity index (χ0n) is 13.2. The average molecular weight is 382 g/mol. The highest BCUT2D eigenvalue weighted by atomic mass is 35.5. The van der Waals surface area contributed by atoms with E-state index in [9.17, 15) is 8.42 Å². The van der Waals surface area contributed by atoms with Crippen LogP contribution in [-0.2, 0) is 14.8 Å². The normalized spacial score (nSPS) is 18.2. The first-order valence-corrected chi connectivity index (χ1v) is 9.76. The summed E-state index contributed by atoms with van der Waals surface area (Å²) in [4.78, 5) is 0.0632. The monoisotopic (exact) mass is 381 g/mol. The van der Waals surface area contributed by atoms with E-state index in [-0.39, 0.29) is 29.7 Å². The fourth-order valence-electron chi connectivity index (χ4n) is 2.09. The van der Waals surface area contributed by atoms with Gasteiger partial charge in [-0.15, -0.1) is 0 Å². The maximum atomic E-state index is 13.1. The van der Waals surface area contributed by atoms with E-state index in [1.54, 1.807) is 25.1 Å². The van der Waals surface area contributed by atoms with E-state index in [4.69, 9.17) is 32.7 Å². The summed E-state index contributed by atoms with van der Waals surface area (Å²) in [5.74, 6) is 0.282. The number of para-hydroxylation sites is 1. The first kappa shape index (κ1) is 18.8. The minimum atomic E-state index is -3.89. The van der Waals surface area contributed by atoms with Crippen molar-refractivity contribution in [3.63, 3.8) is 0 Å². The van der Waals surface area contributed by atoms with E-state index in [1.807, 2.05) is 6.92 Å². The van der Waals surface area contributed by atoms with Crippen molar-refractivity contribution in [2.45, 2.75) is 42.1 Å². The molecule has 1 heterocycles. The minimum absolute atomic E-state index is 0.0355. The lowest BCUT2D eigenvalue weighted by Crippen LogP contribution is -2.44. The molecule has 0 radical (unpaired) electrons. The molecule has 23 heavy (non-hydrogen) atoms. The molecule has 5 nitrogen and oxygen atoms in total.